The van der Waals surface area contributed by atoms with E-state index in [0.29, 0.717) is 40.2 Å². The second-order valence-corrected chi connectivity index (χ2v) is 10.6. The van der Waals surface area contributed by atoms with Crippen LogP contribution in [-0.2, 0) is 10.0 Å². The molecule has 10 heteroatoms. The topological polar surface area (TPSA) is 129 Å². The maximum Gasteiger partial charge on any atom is 0.267 e. The van der Waals surface area contributed by atoms with E-state index in [-0.39, 0.29) is 22.3 Å². The molecule has 0 spiro atoms. The first kappa shape index (κ1) is 24.0. The van der Waals surface area contributed by atoms with Gasteiger partial charge in [-0.1, -0.05) is 37.1 Å². The van der Waals surface area contributed by atoms with E-state index in [1.54, 1.807) is 30.3 Å². The zero-order valence-corrected chi connectivity index (χ0v) is 20.7. The maximum atomic E-state index is 13.4. The summed E-state index contributed by atoms with van der Waals surface area (Å²) in [7, 11) is -2.47. The molecule has 2 aromatic heterocycles. The van der Waals surface area contributed by atoms with E-state index < -0.39 is 10.0 Å². The molecule has 1 aliphatic rings. The van der Waals surface area contributed by atoms with Gasteiger partial charge >= 0.3 is 0 Å². The lowest BCUT2D eigenvalue weighted by Gasteiger charge is -2.14. The van der Waals surface area contributed by atoms with Gasteiger partial charge in [0.15, 0.2) is 0 Å². The summed E-state index contributed by atoms with van der Waals surface area (Å²) < 4.78 is 35.6. The molecule has 0 unspecified atom stereocenters. The number of aromatic nitrogens is 3. The van der Waals surface area contributed by atoms with E-state index in [1.807, 2.05) is 18.2 Å². The molecule has 5 rings (SSSR count). The van der Waals surface area contributed by atoms with Gasteiger partial charge in [-0.05, 0) is 54.7 Å². The van der Waals surface area contributed by atoms with Crippen LogP contribution in [-0.4, -0.2) is 36.6 Å². The van der Waals surface area contributed by atoms with Gasteiger partial charge in [0.1, 0.15) is 4.90 Å². The Kier molecular flexibility index (Phi) is 6.46. The number of nitrogens with zero attached hydrogens (tertiary/aromatic N) is 3. The maximum absolute atomic E-state index is 13.4. The Morgan fingerprint density at radius 3 is 2.56 bits per heavy atom. The van der Waals surface area contributed by atoms with Crippen LogP contribution in [0.2, 0.25) is 0 Å². The van der Waals surface area contributed by atoms with Crippen LogP contribution in [0.15, 0.2) is 70.5 Å². The van der Waals surface area contributed by atoms with Crippen molar-refractivity contribution in [1.29, 1.82) is 0 Å². The largest absolute Gasteiger partial charge is 0.480 e. The number of sulfonamides is 1. The average Bonchev–Trinajstić information content (AvgIpc) is 3.42. The Hall–Kier alpha value is -3.76. The zero-order chi connectivity index (χ0) is 25.3. The second kappa shape index (κ2) is 9.71. The van der Waals surface area contributed by atoms with Crippen molar-refractivity contribution in [2.45, 2.75) is 30.6 Å². The molecule has 0 saturated heterocycles. The van der Waals surface area contributed by atoms with Crippen LogP contribution < -0.4 is 20.8 Å². The van der Waals surface area contributed by atoms with Crippen molar-refractivity contribution >= 4 is 26.9 Å². The number of rotatable bonds is 7. The van der Waals surface area contributed by atoms with Gasteiger partial charge in [-0.3, -0.25) is 4.79 Å². The normalized spacial score (nSPS) is 14.4. The SMILES string of the molecule is COc1ncc(-c2ccc3nc(N)n(-c4ccccc4)c(=O)c3c2)cc1S(=O)(=O)NCC1CCCC1. The van der Waals surface area contributed by atoms with Crippen LogP contribution >= 0.6 is 0 Å². The predicted octanol–water partition coefficient (Wildman–Crippen LogP) is 3.51. The van der Waals surface area contributed by atoms with Crippen molar-refractivity contribution in [3.63, 3.8) is 0 Å². The summed E-state index contributed by atoms with van der Waals surface area (Å²) in [5.74, 6) is 0.438. The van der Waals surface area contributed by atoms with Crippen LogP contribution in [0.1, 0.15) is 25.7 Å². The van der Waals surface area contributed by atoms with Crippen LogP contribution in [0, 0.1) is 5.92 Å². The number of nitrogens with two attached hydrogens (primary N) is 1. The molecule has 9 nitrogen and oxygen atoms in total. The fraction of sp³-hybridized carbons (Fsp3) is 0.269. The van der Waals surface area contributed by atoms with Crippen LogP contribution in [0.25, 0.3) is 27.7 Å². The molecule has 2 aromatic carbocycles. The Morgan fingerprint density at radius 2 is 1.83 bits per heavy atom. The van der Waals surface area contributed by atoms with Crippen molar-refractivity contribution in [2.24, 2.45) is 5.92 Å². The number of fused-ring (bicyclic) bond motifs is 1. The molecule has 1 saturated carbocycles. The van der Waals surface area contributed by atoms with Crippen molar-refractivity contribution in [3.05, 3.63) is 71.1 Å². The molecule has 2 heterocycles. The van der Waals surface area contributed by atoms with Gasteiger partial charge in [0, 0.05) is 18.3 Å². The first-order chi connectivity index (χ1) is 17.4. The Labute approximate surface area is 209 Å². The number of nitrogens with one attached hydrogen (secondary N) is 1. The number of anilines is 1. The van der Waals surface area contributed by atoms with Gasteiger partial charge in [-0.2, -0.15) is 0 Å². The minimum Gasteiger partial charge on any atom is -0.480 e. The zero-order valence-electron chi connectivity index (χ0n) is 19.8. The monoisotopic (exact) mass is 505 g/mol. The Balaban J connectivity index is 1.56. The number of benzene rings is 2. The minimum atomic E-state index is -3.85. The molecule has 4 aromatic rings. The third kappa shape index (κ3) is 4.57. The number of nitrogen functional groups attached to an aromatic ring is 1. The van der Waals surface area contributed by atoms with E-state index in [4.69, 9.17) is 10.5 Å². The fourth-order valence-electron chi connectivity index (χ4n) is 4.66. The van der Waals surface area contributed by atoms with Crippen molar-refractivity contribution in [3.8, 4) is 22.7 Å². The van der Waals surface area contributed by atoms with Gasteiger partial charge in [-0.15, -0.1) is 0 Å². The highest BCUT2D eigenvalue weighted by Crippen LogP contribution is 2.30. The number of ether oxygens (including phenoxy) is 1. The molecule has 0 bridgehead atoms. The van der Waals surface area contributed by atoms with Crippen molar-refractivity contribution < 1.29 is 13.2 Å². The quantitative estimate of drug-likeness (QED) is 0.393. The lowest BCUT2D eigenvalue weighted by Crippen LogP contribution is -2.29. The molecule has 0 radical (unpaired) electrons. The van der Waals surface area contributed by atoms with Crippen LogP contribution in [0.3, 0.4) is 0 Å². The number of para-hydroxylation sites is 1. The summed E-state index contributed by atoms with van der Waals surface area (Å²) >= 11 is 0. The van der Waals surface area contributed by atoms with Gasteiger partial charge < -0.3 is 10.5 Å². The molecule has 1 fully saturated rings. The first-order valence-electron chi connectivity index (χ1n) is 11.8. The van der Waals surface area contributed by atoms with Crippen LogP contribution in [0.4, 0.5) is 5.95 Å². The minimum absolute atomic E-state index is 0.0133. The first-order valence-corrected chi connectivity index (χ1v) is 13.3. The molecule has 3 N–H and O–H groups in total. The molecule has 186 valence electrons. The molecule has 0 atom stereocenters. The second-order valence-electron chi connectivity index (χ2n) is 8.91. The average molecular weight is 506 g/mol. The highest BCUT2D eigenvalue weighted by Gasteiger charge is 2.24. The summed E-state index contributed by atoms with van der Waals surface area (Å²) in [4.78, 5) is 22.0. The van der Waals surface area contributed by atoms with Crippen LogP contribution in [0.5, 0.6) is 5.88 Å². The van der Waals surface area contributed by atoms with E-state index in [1.165, 1.54) is 23.9 Å². The lowest BCUT2D eigenvalue weighted by molar-refractivity contribution is 0.384. The van der Waals surface area contributed by atoms with Gasteiger partial charge in [-0.25, -0.2) is 27.7 Å². The van der Waals surface area contributed by atoms with Gasteiger partial charge in [0.25, 0.3) is 5.56 Å². The highest BCUT2D eigenvalue weighted by atomic mass is 32.2. The predicted molar refractivity (Wildman–Crippen MR) is 139 cm³/mol. The number of pyridine rings is 1. The van der Waals surface area contributed by atoms with E-state index >= 15 is 0 Å². The van der Waals surface area contributed by atoms with E-state index in [0.717, 1.165) is 25.7 Å². The van der Waals surface area contributed by atoms with Gasteiger partial charge in [0.2, 0.25) is 21.9 Å². The smallest absolute Gasteiger partial charge is 0.267 e. The van der Waals surface area contributed by atoms with E-state index in [2.05, 4.69) is 14.7 Å². The van der Waals surface area contributed by atoms with Crippen molar-refractivity contribution in [1.82, 2.24) is 19.3 Å². The summed E-state index contributed by atoms with van der Waals surface area (Å²) in [6.07, 6.45) is 5.82. The summed E-state index contributed by atoms with van der Waals surface area (Å²) in [5.41, 5.74) is 7.97. The number of methoxy groups -OCH3 is 1. The third-order valence-corrected chi connectivity index (χ3v) is 8.00. The highest BCUT2D eigenvalue weighted by molar-refractivity contribution is 7.89. The molecular weight excluding hydrogens is 478 g/mol. The lowest BCUT2D eigenvalue weighted by atomic mass is 10.1. The van der Waals surface area contributed by atoms with E-state index in [9.17, 15) is 13.2 Å². The third-order valence-electron chi connectivity index (χ3n) is 6.58. The van der Waals surface area contributed by atoms with Crippen molar-refractivity contribution in [2.75, 3.05) is 19.4 Å². The number of hydrogen-bond acceptors (Lipinski definition) is 7. The molecular formula is C26H27N5O4S. The molecule has 1 aliphatic carbocycles. The molecule has 0 amide bonds. The molecule has 36 heavy (non-hydrogen) atoms. The summed E-state index contributed by atoms with van der Waals surface area (Å²) in [6, 6.07) is 15.7. The Morgan fingerprint density at radius 1 is 1.08 bits per heavy atom. The summed E-state index contributed by atoms with van der Waals surface area (Å²) in [5, 5.41) is 0.352. The standard InChI is InChI=1S/C26H27N5O4S/c1-35-24-23(36(33,34)29-15-17-7-5-6-8-17)14-19(16-28-24)18-11-12-22-21(13-18)25(32)31(26(27)30-22)20-9-3-2-4-10-20/h2-4,9-14,16-17,29H,5-8,15H2,1H3,(H2,27,30). The summed E-state index contributed by atoms with van der Waals surface area (Å²) in [6.45, 7) is 0.387. The van der Waals surface area contributed by atoms with Gasteiger partial charge in [0.05, 0.1) is 23.7 Å². The molecule has 0 aliphatic heterocycles. The Bertz CT molecular complexity index is 1580. The fourth-order valence-corrected chi connectivity index (χ4v) is 5.92. The number of hydrogen-bond donors (Lipinski definition) is 2.